The SMILES string of the molecule is C=C(CCCSCC(=O)NCCC(=O)NCC1CCCC1)NCCCOC1OC(COC(C)C2OC(COC(C)C3OC(CO)C(O)C(O)C3N)C(O)C(O)C2N)C(O)C(O)C1N. The van der Waals surface area contributed by atoms with Gasteiger partial charge in [0.1, 0.15) is 67.1 Å². The molecule has 0 aromatic rings. The molecule has 17 atom stereocenters. The maximum absolute atomic E-state index is 12.1. The van der Waals surface area contributed by atoms with Crippen LogP contribution in [0.15, 0.2) is 12.3 Å². The normalized spacial score (nSPS) is 36.1. The Morgan fingerprint density at radius 1 is 0.714 bits per heavy atom. The summed E-state index contributed by atoms with van der Waals surface area (Å²) in [5.41, 5.74) is 19.3. The van der Waals surface area contributed by atoms with Gasteiger partial charge >= 0.3 is 0 Å². The van der Waals surface area contributed by atoms with Gasteiger partial charge in [0.2, 0.25) is 11.8 Å². The summed E-state index contributed by atoms with van der Waals surface area (Å²) in [5.74, 6) is 1.55. The summed E-state index contributed by atoms with van der Waals surface area (Å²) >= 11 is 1.52. The molecule has 0 aromatic heterocycles. The van der Waals surface area contributed by atoms with Crippen LogP contribution in [0.25, 0.3) is 0 Å². The average Bonchev–Trinajstić information content (AvgIpc) is 3.79. The lowest BCUT2D eigenvalue weighted by molar-refractivity contribution is -0.276. The summed E-state index contributed by atoms with van der Waals surface area (Å²) in [4.78, 5) is 24.1. The number of thioether (sulfide) groups is 1. The Morgan fingerprint density at radius 3 is 1.87 bits per heavy atom. The average molecular weight is 925 g/mol. The zero-order valence-electron chi connectivity index (χ0n) is 36.7. The van der Waals surface area contributed by atoms with Crippen molar-refractivity contribution in [1.29, 1.82) is 0 Å². The molecule has 3 heterocycles. The lowest BCUT2D eigenvalue weighted by atomic mass is 9.90. The molecule has 63 heavy (non-hydrogen) atoms. The third-order valence-corrected chi connectivity index (χ3v) is 13.3. The van der Waals surface area contributed by atoms with E-state index in [4.69, 9.17) is 45.6 Å². The molecule has 17 unspecified atom stereocenters. The van der Waals surface area contributed by atoms with Crippen LogP contribution in [0.2, 0.25) is 0 Å². The van der Waals surface area contributed by atoms with Gasteiger partial charge in [0, 0.05) is 31.8 Å². The van der Waals surface area contributed by atoms with E-state index in [2.05, 4.69) is 22.5 Å². The molecule has 4 aliphatic rings. The van der Waals surface area contributed by atoms with Gasteiger partial charge in [-0.25, -0.2) is 0 Å². The molecule has 16 N–H and O–H groups in total. The summed E-state index contributed by atoms with van der Waals surface area (Å²) in [7, 11) is 0. The Hall–Kier alpha value is -1.81. The molecule has 3 aliphatic heterocycles. The van der Waals surface area contributed by atoms with Gasteiger partial charge in [-0.3, -0.25) is 9.59 Å². The number of hydrogen-bond acceptors (Lipinski definition) is 20. The molecule has 0 spiro atoms. The van der Waals surface area contributed by atoms with E-state index in [1.807, 2.05) is 0 Å². The number of aliphatic hydroxyl groups is 7. The van der Waals surface area contributed by atoms with E-state index in [1.165, 1.54) is 37.4 Å². The van der Waals surface area contributed by atoms with Crippen LogP contribution in [0, 0.1) is 5.92 Å². The van der Waals surface area contributed by atoms with Gasteiger partial charge in [-0.05, 0) is 57.6 Å². The van der Waals surface area contributed by atoms with Gasteiger partial charge in [-0.15, -0.1) is 0 Å². The number of ether oxygens (including phenoxy) is 6. The first kappa shape index (κ1) is 53.8. The van der Waals surface area contributed by atoms with E-state index in [0.29, 0.717) is 31.2 Å². The zero-order chi connectivity index (χ0) is 46.2. The molecule has 0 radical (unpaired) electrons. The van der Waals surface area contributed by atoms with Crippen LogP contribution in [-0.2, 0) is 38.0 Å². The van der Waals surface area contributed by atoms with Crippen LogP contribution >= 0.6 is 11.8 Å². The molecule has 21 nitrogen and oxygen atoms in total. The highest BCUT2D eigenvalue weighted by Crippen LogP contribution is 2.28. The van der Waals surface area contributed by atoms with Crippen LogP contribution in [-0.4, -0.2) is 209 Å². The fraction of sp³-hybridized carbons (Fsp3) is 0.902. The molecular weight excluding hydrogens is 849 g/mol. The first-order valence-corrected chi connectivity index (χ1v) is 23.5. The van der Waals surface area contributed by atoms with Crippen molar-refractivity contribution in [2.75, 3.05) is 57.6 Å². The number of rotatable bonds is 26. The second-order valence-electron chi connectivity index (χ2n) is 17.2. The standard InChI is InChI=1S/C41H76N6O15S/c1-21(8-6-15-63-20-29(50)46-13-11-28(49)47-16-24-9-4-5-10-24)45-12-7-14-57-41-32(44)38(56)35(53)27(62-41)19-59-23(3)40-31(43)37(55)34(52)26(61-40)18-58-22(2)39-30(42)36(54)33(51)25(17-48)60-39/h22-27,30-41,45,48,51-56H,1,4-20,42-44H2,2-3H3,(H,46,50)(H,47,49). The lowest BCUT2D eigenvalue weighted by Crippen LogP contribution is -2.66. The molecule has 1 saturated carbocycles. The Balaban J connectivity index is 1.10. The first-order chi connectivity index (χ1) is 30.0. The van der Waals surface area contributed by atoms with Crippen molar-refractivity contribution < 1.29 is 73.8 Å². The summed E-state index contributed by atoms with van der Waals surface area (Å²) in [6.45, 7) is 8.05. The highest BCUT2D eigenvalue weighted by molar-refractivity contribution is 7.99. The Labute approximate surface area is 374 Å². The number of nitrogens with two attached hydrogens (primary N) is 3. The van der Waals surface area contributed by atoms with Gasteiger partial charge in [-0.2, -0.15) is 11.8 Å². The summed E-state index contributed by atoms with van der Waals surface area (Å²) in [6.07, 6.45) is -9.05. The largest absolute Gasteiger partial charge is 0.394 e. The third kappa shape index (κ3) is 16.2. The number of carbonyl (C=O) groups excluding carboxylic acids is 2. The minimum Gasteiger partial charge on any atom is -0.394 e. The molecule has 22 heteroatoms. The van der Waals surface area contributed by atoms with Gasteiger partial charge in [0.05, 0.1) is 62.5 Å². The molecular formula is C41H76N6O15S. The molecule has 3 saturated heterocycles. The Morgan fingerprint density at radius 2 is 1.27 bits per heavy atom. The van der Waals surface area contributed by atoms with Crippen molar-refractivity contribution in [2.24, 2.45) is 23.1 Å². The third-order valence-electron chi connectivity index (χ3n) is 12.3. The number of carbonyl (C=O) groups is 2. The lowest BCUT2D eigenvalue weighted by Gasteiger charge is -2.45. The topological polar surface area (TPSA) is 345 Å². The maximum Gasteiger partial charge on any atom is 0.230 e. The Kier molecular flexibility index (Phi) is 23.2. The number of hydrogen-bond donors (Lipinski definition) is 13. The molecule has 1 aliphatic carbocycles. The summed E-state index contributed by atoms with van der Waals surface area (Å²) < 4.78 is 35.4. The highest BCUT2D eigenvalue weighted by Gasteiger charge is 2.48. The molecule has 4 rings (SSSR count). The molecule has 366 valence electrons. The van der Waals surface area contributed by atoms with Gasteiger partial charge < -0.3 is 97.3 Å². The minimum atomic E-state index is -1.44. The number of aliphatic hydroxyl groups excluding tert-OH is 7. The smallest absolute Gasteiger partial charge is 0.230 e. The molecule has 2 amide bonds. The second kappa shape index (κ2) is 27.1. The van der Waals surface area contributed by atoms with Crippen molar-refractivity contribution >= 4 is 23.6 Å². The van der Waals surface area contributed by atoms with Crippen molar-refractivity contribution in [2.45, 2.75) is 169 Å². The van der Waals surface area contributed by atoms with E-state index in [1.54, 1.807) is 13.8 Å². The fourth-order valence-corrected chi connectivity index (χ4v) is 8.97. The molecule has 0 bridgehead atoms. The zero-order valence-corrected chi connectivity index (χ0v) is 37.5. The quantitative estimate of drug-likeness (QED) is 0.0368. The van der Waals surface area contributed by atoms with E-state index in [9.17, 15) is 45.3 Å². The minimum absolute atomic E-state index is 0.0302. The Bertz CT molecular complexity index is 1380. The summed E-state index contributed by atoms with van der Waals surface area (Å²) in [5, 5.41) is 82.1. The van der Waals surface area contributed by atoms with E-state index in [0.717, 1.165) is 30.8 Å². The van der Waals surface area contributed by atoms with Crippen molar-refractivity contribution in [3.8, 4) is 0 Å². The summed E-state index contributed by atoms with van der Waals surface area (Å²) in [6, 6.07) is -3.18. The van der Waals surface area contributed by atoms with Crippen molar-refractivity contribution in [1.82, 2.24) is 16.0 Å². The van der Waals surface area contributed by atoms with Crippen molar-refractivity contribution in [3.05, 3.63) is 12.3 Å². The number of nitrogens with one attached hydrogen (secondary N) is 3. The predicted octanol–water partition coefficient (Wildman–Crippen LogP) is -3.97. The first-order valence-electron chi connectivity index (χ1n) is 22.3. The number of amides is 2. The van der Waals surface area contributed by atoms with Crippen molar-refractivity contribution in [3.63, 3.8) is 0 Å². The van der Waals surface area contributed by atoms with Crippen LogP contribution in [0.1, 0.15) is 65.2 Å². The molecule has 0 aromatic carbocycles. The van der Waals surface area contributed by atoms with Crippen LogP contribution in [0.3, 0.4) is 0 Å². The van der Waals surface area contributed by atoms with Gasteiger partial charge in [0.15, 0.2) is 6.29 Å². The van der Waals surface area contributed by atoms with Crippen LogP contribution < -0.4 is 33.2 Å². The van der Waals surface area contributed by atoms with E-state index in [-0.39, 0.29) is 38.1 Å². The monoisotopic (exact) mass is 925 g/mol. The van der Waals surface area contributed by atoms with Crippen LogP contribution in [0.5, 0.6) is 0 Å². The predicted molar refractivity (Wildman–Crippen MR) is 231 cm³/mol. The van der Waals surface area contributed by atoms with E-state index < -0.39 is 110 Å². The maximum atomic E-state index is 12.1. The van der Waals surface area contributed by atoms with Crippen LogP contribution in [0.4, 0.5) is 0 Å². The highest BCUT2D eigenvalue weighted by atomic mass is 32.2. The van der Waals surface area contributed by atoms with Gasteiger partial charge in [0.25, 0.3) is 0 Å². The fourth-order valence-electron chi connectivity index (χ4n) is 8.19. The second-order valence-corrected chi connectivity index (χ2v) is 18.3. The van der Waals surface area contributed by atoms with Gasteiger partial charge in [-0.1, -0.05) is 19.4 Å². The molecule has 4 fully saturated rings. The van der Waals surface area contributed by atoms with E-state index >= 15 is 0 Å². The number of allylic oxidation sites excluding steroid dienone is 1.